The molecule has 0 fully saturated rings. The van der Waals surface area contributed by atoms with Crippen molar-refractivity contribution >= 4 is 0 Å². The van der Waals surface area contributed by atoms with Gasteiger partial charge in [0.25, 0.3) is 0 Å². The molecule has 0 saturated heterocycles. The van der Waals surface area contributed by atoms with E-state index >= 15 is 0 Å². The monoisotopic (exact) mass is 209 g/mol. The van der Waals surface area contributed by atoms with Crippen molar-refractivity contribution in [2.45, 2.75) is 26.4 Å². The zero-order valence-electron chi connectivity index (χ0n) is 9.06. The highest BCUT2D eigenvalue weighted by atomic mass is 35.5. The molecule has 0 radical (unpaired) electrons. The summed E-state index contributed by atoms with van der Waals surface area (Å²) in [6.45, 7) is 10.5. The first-order valence-corrected chi connectivity index (χ1v) is 3.99. The van der Waals surface area contributed by atoms with Gasteiger partial charge in [0.2, 0.25) is 0 Å². The fraction of sp³-hybridized carbons (Fsp3) is 0.778. The molecular weight excluding hydrogens is 188 g/mol. The molecule has 13 heavy (non-hydrogen) atoms. The van der Waals surface area contributed by atoms with Gasteiger partial charge in [0.1, 0.15) is 0 Å². The van der Waals surface area contributed by atoms with Gasteiger partial charge in [-0.2, -0.15) is 0 Å². The van der Waals surface area contributed by atoms with E-state index in [1.54, 1.807) is 7.11 Å². The average molecular weight is 210 g/mol. The van der Waals surface area contributed by atoms with Gasteiger partial charge in [0.05, 0.1) is 5.60 Å². The van der Waals surface area contributed by atoms with Crippen molar-refractivity contribution in [1.82, 2.24) is 0 Å². The molecule has 4 N–H and O–H groups in total. The minimum atomic E-state index is -0.139. The molecule has 0 bridgehead atoms. The molecular formula is C9H22ClN2O-. The third kappa shape index (κ3) is 18.7. The number of hydrogen-bond acceptors (Lipinski definition) is 3. The molecule has 4 heteroatoms. The van der Waals surface area contributed by atoms with Crippen LogP contribution in [0.15, 0.2) is 12.2 Å². The van der Waals surface area contributed by atoms with Crippen molar-refractivity contribution in [1.29, 1.82) is 0 Å². The average Bonchev–Trinajstić information content (AvgIpc) is 2.05. The van der Waals surface area contributed by atoms with Gasteiger partial charge >= 0.3 is 0 Å². The quantitative estimate of drug-likeness (QED) is 0.524. The maximum Gasteiger partial charge on any atom is 0.0744 e. The van der Waals surface area contributed by atoms with E-state index in [1.165, 1.54) is 0 Å². The second-order valence-electron chi connectivity index (χ2n) is 3.33. The van der Waals surface area contributed by atoms with Gasteiger partial charge in [0.15, 0.2) is 0 Å². The molecule has 0 aliphatic rings. The summed E-state index contributed by atoms with van der Waals surface area (Å²) in [4.78, 5) is 0. The second kappa shape index (κ2) is 9.99. The summed E-state index contributed by atoms with van der Waals surface area (Å²) in [7, 11) is 1.66. The van der Waals surface area contributed by atoms with Gasteiger partial charge in [-0.3, -0.25) is 0 Å². The van der Waals surface area contributed by atoms with Crippen LogP contribution in [-0.2, 0) is 4.74 Å². The molecule has 0 rings (SSSR count). The Morgan fingerprint density at radius 1 is 1.38 bits per heavy atom. The van der Waals surface area contributed by atoms with Crippen molar-refractivity contribution in [2.75, 3.05) is 20.2 Å². The van der Waals surface area contributed by atoms with Crippen molar-refractivity contribution in [2.24, 2.45) is 11.5 Å². The normalized spacial score (nSPS) is 9.38. The van der Waals surface area contributed by atoms with Gasteiger partial charge in [-0.1, -0.05) is 12.2 Å². The highest BCUT2D eigenvalue weighted by Crippen LogP contribution is 2.01. The van der Waals surface area contributed by atoms with E-state index in [9.17, 15) is 0 Å². The summed E-state index contributed by atoms with van der Waals surface area (Å²) < 4.78 is 4.96. The molecule has 0 amide bonds. The van der Waals surface area contributed by atoms with Crippen LogP contribution in [0.2, 0.25) is 0 Å². The first kappa shape index (κ1) is 18.6. The molecule has 0 atom stereocenters. The Hall–Kier alpha value is -0.0900. The van der Waals surface area contributed by atoms with Crippen LogP contribution in [0.3, 0.4) is 0 Å². The van der Waals surface area contributed by atoms with Crippen LogP contribution in [-0.4, -0.2) is 25.8 Å². The summed E-state index contributed by atoms with van der Waals surface area (Å²) >= 11 is 0. The van der Waals surface area contributed by atoms with E-state index in [2.05, 4.69) is 6.58 Å². The molecule has 0 aliphatic carbocycles. The Kier molecular flexibility index (Phi) is 14.3. The van der Waals surface area contributed by atoms with Crippen molar-refractivity contribution in [3.05, 3.63) is 12.2 Å². The second-order valence-corrected chi connectivity index (χ2v) is 3.33. The summed E-state index contributed by atoms with van der Waals surface area (Å²) in [5.41, 5.74) is 11.3. The van der Waals surface area contributed by atoms with Crippen LogP contribution in [0.25, 0.3) is 0 Å². The molecule has 0 heterocycles. The largest absolute Gasteiger partial charge is 1.00 e. The summed E-state index contributed by atoms with van der Waals surface area (Å²) in [6, 6.07) is 0. The first-order chi connectivity index (χ1) is 5.39. The third-order valence-electron chi connectivity index (χ3n) is 1.39. The lowest BCUT2D eigenvalue weighted by molar-refractivity contribution is -0.0000107. The van der Waals surface area contributed by atoms with Gasteiger partial charge < -0.3 is 28.6 Å². The van der Waals surface area contributed by atoms with Crippen molar-refractivity contribution < 1.29 is 17.1 Å². The topological polar surface area (TPSA) is 61.3 Å². The number of ether oxygens (including phenoxy) is 1. The Labute approximate surface area is 87.9 Å². The summed E-state index contributed by atoms with van der Waals surface area (Å²) in [5, 5.41) is 0. The zero-order chi connectivity index (χ0) is 10.2. The highest BCUT2D eigenvalue weighted by Gasteiger charge is 2.11. The molecule has 0 saturated carbocycles. The molecule has 82 valence electrons. The van der Waals surface area contributed by atoms with E-state index in [-0.39, 0.29) is 18.0 Å². The highest BCUT2D eigenvalue weighted by molar-refractivity contribution is 4.88. The zero-order valence-corrected chi connectivity index (χ0v) is 9.82. The smallest absolute Gasteiger partial charge is 0.0744 e. The lowest BCUT2D eigenvalue weighted by atomic mass is 10.1. The fourth-order valence-corrected chi connectivity index (χ4v) is 0.0833. The predicted molar refractivity (Wildman–Crippen MR) is 54.0 cm³/mol. The van der Waals surface area contributed by atoms with E-state index in [0.29, 0.717) is 13.1 Å². The lowest BCUT2D eigenvalue weighted by Gasteiger charge is -2.19. The first-order valence-electron chi connectivity index (χ1n) is 3.99. The minimum absolute atomic E-state index is 0. The van der Waals surface area contributed by atoms with Crippen LogP contribution >= 0.6 is 0 Å². The van der Waals surface area contributed by atoms with Gasteiger partial charge in [-0.25, -0.2) is 0 Å². The summed E-state index contributed by atoms with van der Waals surface area (Å²) in [6.07, 6.45) is 0. The molecule has 3 nitrogen and oxygen atoms in total. The van der Waals surface area contributed by atoms with E-state index in [0.717, 1.165) is 5.57 Å². The van der Waals surface area contributed by atoms with E-state index < -0.39 is 0 Å². The maximum absolute atomic E-state index is 5.29. The number of halogens is 1. The lowest BCUT2D eigenvalue weighted by Crippen LogP contribution is -3.00. The Morgan fingerprint density at radius 2 is 1.69 bits per heavy atom. The van der Waals surface area contributed by atoms with Crippen LogP contribution in [0.4, 0.5) is 0 Å². The molecule has 0 aromatic carbocycles. The fourth-order valence-electron chi connectivity index (χ4n) is 0.0833. The SMILES string of the molecule is C=C(C)CN.COC(C)(C)CN.[Cl-]. The van der Waals surface area contributed by atoms with Gasteiger partial charge in [-0.15, -0.1) is 0 Å². The summed E-state index contributed by atoms with van der Waals surface area (Å²) in [5.74, 6) is 0. The molecule has 0 spiro atoms. The maximum atomic E-state index is 5.29. The third-order valence-corrected chi connectivity index (χ3v) is 1.39. The number of rotatable bonds is 3. The Bertz CT molecular complexity index is 121. The van der Waals surface area contributed by atoms with Crippen LogP contribution in [0.5, 0.6) is 0 Å². The Morgan fingerprint density at radius 3 is 1.69 bits per heavy atom. The Balaban J connectivity index is -0.000000150. The molecule has 0 unspecified atom stereocenters. The number of nitrogens with two attached hydrogens (primary N) is 2. The van der Waals surface area contributed by atoms with Crippen LogP contribution in [0.1, 0.15) is 20.8 Å². The van der Waals surface area contributed by atoms with Crippen molar-refractivity contribution in [3.63, 3.8) is 0 Å². The number of hydrogen-bond donors (Lipinski definition) is 2. The van der Waals surface area contributed by atoms with E-state index in [4.69, 9.17) is 16.2 Å². The number of methoxy groups -OCH3 is 1. The van der Waals surface area contributed by atoms with Crippen LogP contribution in [0, 0.1) is 0 Å². The standard InChI is InChI=1S/C5H13NO.C4H9N.ClH/c1-5(2,4-6)7-3;1-4(2)3-5;/h4,6H2,1-3H3;1,3,5H2,2H3;1H/p-1. The molecule has 0 aromatic heterocycles. The predicted octanol–water partition coefficient (Wildman–Crippen LogP) is -2.10. The van der Waals surface area contributed by atoms with Gasteiger partial charge in [-0.05, 0) is 20.8 Å². The minimum Gasteiger partial charge on any atom is -1.00 e. The molecule has 0 aromatic rings. The van der Waals surface area contributed by atoms with E-state index in [1.807, 2.05) is 20.8 Å². The van der Waals surface area contributed by atoms with Crippen LogP contribution < -0.4 is 23.9 Å². The van der Waals surface area contributed by atoms with Crippen molar-refractivity contribution in [3.8, 4) is 0 Å². The van der Waals surface area contributed by atoms with Gasteiger partial charge in [0, 0.05) is 20.2 Å². The molecule has 0 aliphatic heterocycles.